The van der Waals surface area contributed by atoms with E-state index in [0.717, 1.165) is 4.90 Å². The van der Waals surface area contributed by atoms with Crippen molar-refractivity contribution in [3.05, 3.63) is 57.3 Å². The van der Waals surface area contributed by atoms with E-state index in [1.165, 1.54) is 19.2 Å². The SMILES string of the molecule is Cc1ccc(-c2ccc(C=C3C(=O)NC(=S)N(C)C3=O)o2)cc1[N+](=O)[O-]. The van der Waals surface area contributed by atoms with Gasteiger partial charge >= 0.3 is 0 Å². The standard InChI is InChI=1S/C17H13N3O5S/c1-9-3-4-10(7-13(9)20(23)24)14-6-5-11(25-14)8-12-15(21)18-17(26)19(2)16(12)22/h3-8H,1-2H3,(H,18,21,26). The van der Waals surface area contributed by atoms with Crippen molar-refractivity contribution >= 4 is 40.9 Å². The number of aryl methyl sites for hydroxylation is 1. The normalized spacial score (nSPS) is 16.2. The first-order valence-electron chi connectivity index (χ1n) is 7.48. The zero-order valence-corrected chi connectivity index (χ0v) is 14.6. The molecule has 1 N–H and O–H groups in total. The highest BCUT2D eigenvalue weighted by molar-refractivity contribution is 7.80. The fourth-order valence-electron chi connectivity index (χ4n) is 2.43. The van der Waals surface area contributed by atoms with Crippen molar-refractivity contribution in [2.45, 2.75) is 6.92 Å². The van der Waals surface area contributed by atoms with Crippen LogP contribution in [0.1, 0.15) is 11.3 Å². The summed E-state index contributed by atoms with van der Waals surface area (Å²) >= 11 is 4.88. The number of nitrogens with zero attached hydrogens (tertiary/aromatic N) is 2. The zero-order valence-electron chi connectivity index (χ0n) is 13.8. The van der Waals surface area contributed by atoms with Crippen molar-refractivity contribution in [2.24, 2.45) is 0 Å². The van der Waals surface area contributed by atoms with Gasteiger partial charge in [0.25, 0.3) is 17.5 Å². The van der Waals surface area contributed by atoms with Crippen molar-refractivity contribution in [3.63, 3.8) is 0 Å². The maximum atomic E-state index is 12.2. The lowest BCUT2D eigenvalue weighted by Crippen LogP contribution is -2.52. The largest absolute Gasteiger partial charge is 0.457 e. The number of likely N-dealkylation sites (N-methyl/N-ethyl adjacent to an activating group) is 1. The number of hydrogen-bond donors (Lipinski definition) is 1. The van der Waals surface area contributed by atoms with Crippen LogP contribution in [0.4, 0.5) is 5.69 Å². The van der Waals surface area contributed by atoms with Gasteiger partial charge < -0.3 is 4.42 Å². The molecule has 8 nitrogen and oxygen atoms in total. The van der Waals surface area contributed by atoms with Crippen LogP contribution in [0, 0.1) is 17.0 Å². The van der Waals surface area contributed by atoms with Gasteiger partial charge in [0, 0.05) is 24.2 Å². The van der Waals surface area contributed by atoms with Crippen LogP contribution in [0.3, 0.4) is 0 Å². The number of carbonyl (C=O) groups is 2. The lowest BCUT2D eigenvalue weighted by atomic mass is 10.1. The molecule has 0 saturated carbocycles. The molecule has 1 saturated heterocycles. The molecule has 26 heavy (non-hydrogen) atoms. The topological polar surface area (TPSA) is 106 Å². The maximum absolute atomic E-state index is 12.2. The van der Waals surface area contributed by atoms with E-state index in [-0.39, 0.29) is 22.1 Å². The number of nitro benzene ring substituents is 1. The summed E-state index contributed by atoms with van der Waals surface area (Å²) in [5.74, 6) is -0.500. The van der Waals surface area contributed by atoms with E-state index >= 15 is 0 Å². The Hall–Kier alpha value is -3.33. The molecular formula is C17H13N3O5S. The molecule has 1 aromatic heterocycles. The first-order chi connectivity index (χ1) is 12.3. The number of amides is 2. The number of thiocarbonyl (C=S) groups is 1. The molecule has 0 unspecified atom stereocenters. The summed E-state index contributed by atoms with van der Waals surface area (Å²) in [6.45, 7) is 1.65. The van der Waals surface area contributed by atoms with Crippen molar-refractivity contribution in [3.8, 4) is 11.3 Å². The van der Waals surface area contributed by atoms with Gasteiger partial charge in [-0.15, -0.1) is 0 Å². The molecule has 1 aliphatic heterocycles. The van der Waals surface area contributed by atoms with Crippen LogP contribution in [-0.4, -0.2) is 33.8 Å². The van der Waals surface area contributed by atoms with E-state index in [1.807, 2.05) is 0 Å². The van der Waals surface area contributed by atoms with Crippen LogP contribution >= 0.6 is 12.2 Å². The minimum Gasteiger partial charge on any atom is -0.457 e. The van der Waals surface area contributed by atoms with Crippen LogP contribution < -0.4 is 5.32 Å². The number of carbonyl (C=O) groups excluding carboxylic acids is 2. The maximum Gasteiger partial charge on any atom is 0.273 e. The van der Waals surface area contributed by atoms with Gasteiger partial charge in [0.1, 0.15) is 17.1 Å². The van der Waals surface area contributed by atoms with Gasteiger partial charge in [-0.05, 0) is 37.4 Å². The van der Waals surface area contributed by atoms with E-state index in [4.69, 9.17) is 16.6 Å². The molecule has 0 aliphatic carbocycles. The zero-order chi connectivity index (χ0) is 19.0. The number of nitrogens with one attached hydrogen (secondary N) is 1. The molecule has 9 heteroatoms. The number of furan rings is 1. The second kappa shape index (κ2) is 6.52. The smallest absolute Gasteiger partial charge is 0.273 e. The Kier molecular flexibility index (Phi) is 4.39. The number of hydrogen-bond acceptors (Lipinski definition) is 6. The van der Waals surface area contributed by atoms with Crippen molar-refractivity contribution in [1.82, 2.24) is 10.2 Å². The van der Waals surface area contributed by atoms with Crippen LogP contribution in [0.5, 0.6) is 0 Å². The quantitative estimate of drug-likeness (QED) is 0.292. The fourth-order valence-corrected chi connectivity index (χ4v) is 2.61. The van der Waals surface area contributed by atoms with E-state index < -0.39 is 16.7 Å². The number of benzene rings is 1. The summed E-state index contributed by atoms with van der Waals surface area (Å²) in [6.07, 6.45) is 1.31. The predicted molar refractivity (Wildman–Crippen MR) is 97.0 cm³/mol. The van der Waals surface area contributed by atoms with Crippen molar-refractivity contribution in [2.75, 3.05) is 7.05 Å². The van der Waals surface area contributed by atoms with Crippen molar-refractivity contribution < 1.29 is 18.9 Å². The summed E-state index contributed by atoms with van der Waals surface area (Å²) in [7, 11) is 1.46. The Bertz CT molecular complexity index is 992. The van der Waals surface area contributed by atoms with Gasteiger partial charge in [0.05, 0.1) is 4.92 Å². The van der Waals surface area contributed by atoms with Gasteiger partial charge in [-0.25, -0.2) is 0 Å². The second-order valence-electron chi connectivity index (χ2n) is 5.64. The van der Waals surface area contributed by atoms with E-state index in [1.54, 1.807) is 31.2 Å². The molecule has 0 bridgehead atoms. The minimum absolute atomic E-state index is 0.0178. The van der Waals surface area contributed by atoms with Crippen LogP contribution in [0.15, 0.2) is 40.3 Å². The van der Waals surface area contributed by atoms with Crippen LogP contribution in [0.25, 0.3) is 17.4 Å². The van der Waals surface area contributed by atoms with Crippen LogP contribution in [-0.2, 0) is 9.59 Å². The monoisotopic (exact) mass is 371 g/mol. The Morgan fingerprint density at radius 2 is 2.00 bits per heavy atom. The van der Waals surface area contributed by atoms with Crippen LogP contribution in [0.2, 0.25) is 0 Å². The lowest BCUT2D eigenvalue weighted by molar-refractivity contribution is -0.385. The first-order valence-corrected chi connectivity index (χ1v) is 7.89. The summed E-state index contributed by atoms with van der Waals surface area (Å²) in [5.41, 5.74) is 0.924. The molecule has 2 aromatic rings. The first kappa shape index (κ1) is 17.5. The highest BCUT2D eigenvalue weighted by Crippen LogP contribution is 2.29. The molecule has 0 spiro atoms. The lowest BCUT2D eigenvalue weighted by Gasteiger charge is -2.24. The molecule has 2 amide bonds. The molecule has 2 heterocycles. The second-order valence-corrected chi connectivity index (χ2v) is 6.03. The third-order valence-corrected chi connectivity index (χ3v) is 4.28. The van der Waals surface area contributed by atoms with Gasteiger partial charge in [0.15, 0.2) is 5.11 Å². The predicted octanol–water partition coefficient (Wildman–Crippen LogP) is 2.42. The molecule has 132 valence electrons. The third-order valence-electron chi connectivity index (χ3n) is 3.91. The van der Waals surface area contributed by atoms with E-state index in [2.05, 4.69) is 5.32 Å². The fraction of sp³-hybridized carbons (Fsp3) is 0.118. The Labute approximate surface area is 153 Å². The number of rotatable bonds is 3. The molecule has 1 aromatic carbocycles. The summed E-state index contributed by atoms with van der Waals surface area (Å²) in [4.78, 5) is 35.9. The van der Waals surface area contributed by atoms with Gasteiger partial charge in [-0.3, -0.25) is 29.9 Å². The van der Waals surface area contributed by atoms with Gasteiger partial charge in [0.2, 0.25) is 0 Å². The highest BCUT2D eigenvalue weighted by atomic mass is 32.1. The molecule has 1 fully saturated rings. The highest BCUT2D eigenvalue weighted by Gasteiger charge is 2.31. The molecule has 1 aliphatic rings. The van der Waals surface area contributed by atoms with E-state index in [0.29, 0.717) is 16.9 Å². The average molecular weight is 371 g/mol. The summed E-state index contributed by atoms with van der Waals surface area (Å²) < 4.78 is 5.62. The van der Waals surface area contributed by atoms with Gasteiger partial charge in [-0.2, -0.15) is 0 Å². The Morgan fingerprint density at radius 3 is 2.69 bits per heavy atom. The minimum atomic E-state index is -0.609. The molecule has 3 rings (SSSR count). The molecular weight excluding hydrogens is 358 g/mol. The molecule has 0 radical (unpaired) electrons. The van der Waals surface area contributed by atoms with Crippen molar-refractivity contribution in [1.29, 1.82) is 0 Å². The summed E-state index contributed by atoms with van der Waals surface area (Å²) in [6, 6.07) is 7.92. The van der Waals surface area contributed by atoms with Gasteiger partial charge in [-0.1, -0.05) is 12.1 Å². The average Bonchev–Trinajstić information content (AvgIpc) is 3.05. The Morgan fingerprint density at radius 1 is 1.27 bits per heavy atom. The van der Waals surface area contributed by atoms with E-state index in [9.17, 15) is 19.7 Å². The summed E-state index contributed by atoms with van der Waals surface area (Å²) in [5, 5.41) is 13.5. The number of nitro groups is 1. The molecule has 0 atom stereocenters. The third kappa shape index (κ3) is 3.11. The Balaban J connectivity index is 1.95.